The number of aliphatic hydroxyl groups is 1. The van der Waals surface area contributed by atoms with Gasteiger partial charge in [0.25, 0.3) is 5.91 Å². The summed E-state index contributed by atoms with van der Waals surface area (Å²) >= 11 is 0. The molecule has 2 aliphatic rings. The number of aliphatic hydroxyl groups excluding tert-OH is 1. The van der Waals surface area contributed by atoms with E-state index in [2.05, 4.69) is 17.0 Å². The minimum Gasteiger partial charge on any atom is -0.497 e. The van der Waals surface area contributed by atoms with Crippen LogP contribution in [0.1, 0.15) is 28.4 Å². The lowest BCUT2D eigenvalue weighted by Gasteiger charge is -2.44. The second-order valence-corrected chi connectivity index (χ2v) is 8.74. The van der Waals surface area contributed by atoms with Gasteiger partial charge in [-0.25, -0.2) is 4.39 Å². The molecule has 0 unspecified atom stereocenters. The predicted molar refractivity (Wildman–Crippen MR) is 126 cm³/mol. The van der Waals surface area contributed by atoms with Gasteiger partial charge in [-0.1, -0.05) is 30.3 Å². The number of fused-ring (bicyclic) bond motifs is 3. The van der Waals surface area contributed by atoms with Crippen molar-refractivity contribution in [3.05, 3.63) is 83.7 Å². The Hall–Kier alpha value is -3.38. The monoisotopic (exact) mass is 446 g/mol. The molecule has 0 saturated carbocycles. The number of likely N-dealkylation sites (tertiary alicyclic amines) is 1. The molecule has 2 aliphatic heterocycles. The van der Waals surface area contributed by atoms with Gasteiger partial charge in [0.15, 0.2) is 0 Å². The minimum absolute atomic E-state index is 0.00350. The summed E-state index contributed by atoms with van der Waals surface area (Å²) in [5.74, 6) is 0.0177. The fourth-order valence-electron chi connectivity index (χ4n) is 5.45. The maximum Gasteiger partial charge on any atom is 0.257 e. The molecule has 1 fully saturated rings. The molecule has 0 aromatic heterocycles. The molecule has 2 heterocycles. The van der Waals surface area contributed by atoms with Gasteiger partial charge < -0.3 is 19.6 Å². The van der Waals surface area contributed by atoms with Crippen molar-refractivity contribution in [1.82, 2.24) is 4.90 Å². The second kappa shape index (κ2) is 8.52. The lowest BCUT2D eigenvalue weighted by molar-refractivity contribution is 0.0689. The van der Waals surface area contributed by atoms with Gasteiger partial charge in [0.05, 0.1) is 31.4 Å². The van der Waals surface area contributed by atoms with E-state index >= 15 is 0 Å². The number of halogens is 1. The van der Waals surface area contributed by atoms with Gasteiger partial charge in [-0.2, -0.15) is 0 Å². The van der Waals surface area contributed by atoms with Crippen LogP contribution in [0.4, 0.5) is 10.1 Å². The Labute approximate surface area is 193 Å². The van der Waals surface area contributed by atoms with Crippen molar-refractivity contribution in [3.63, 3.8) is 0 Å². The van der Waals surface area contributed by atoms with Crippen LogP contribution in [-0.2, 0) is 0 Å². The summed E-state index contributed by atoms with van der Waals surface area (Å²) in [6.07, 6.45) is 0.753. The molecule has 1 amide bonds. The van der Waals surface area contributed by atoms with Crippen LogP contribution in [0.15, 0.2) is 66.7 Å². The summed E-state index contributed by atoms with van der Waals surface area (Å²) in [4.78, 5) is 17.3. The van der Waals surface area contributed by atoms with Crippen LogP contribution in [-0.4, -0.2) is 49.3 Å². The molecule has 0 bridgehead atoms. The number of ether oxygens (including phenoxy) is 1. The molecule has 1 saturated heterocycles. The van der Waals surface area contributed by atoms with Crippen molar-refractivity contribution in [2.45, 2.75) is 18.5 Å². The van der Waals surface area contributed by atoms with Crippen LogP contribution < -0.4 is 9.64 Å². The second-order valence-electron chi connectivity index (χ2n) is 8.74. The Balaban J connectivity index is 1.61. The third-order valence-electron chi connectivity index (χ3n) is 7.12. The summed E-state index contributed by atoms with van der Waals surface area (Å²) < 4.78 is 19.9. The first kappa shape index (κ1) is 21.5. The van der Waals surface area contributed by atoms with Crippen molar-refractivity contribution < 1.29 is 19.0 Å². The largest absolute Gasteiger partial charge is 0.497 e. The number of anilines is 1. The summed E-state index contributed by atoms with van der Waals surface area (Å²) in [6, 6.07) is 19.9. The van der Waals surface area contributed by atoms with Crippen molar-refractivity contribution in [1.29, 1.82) is 0 Å². The molecule has 5 nitrogen and oxygen atoms in total. The molecule has 6 heteroatoms. The molecule has 0 spiro atoms. The van der Waals surface area contributed by atoms with Crippen LogP contribution in [0.3, 0.4) is 0 Å². The Morgan fingerprint density at radius 2 is 1.88 bits per heavy atom. The molecule has 0 aliphatic carbocycles. The van der Waals surface area contributed by atoms with E-state index in [4.69, 9.17) is 4.74 Å². The van der Waals surface area contributed by atoms with Gasteiger partial charge in [0.1, 0.15) is 11.6 Å². The first-order valence-corrected chi connectivity index (χ1v) is 11.2. The topological polar surface area (TPSA) is 53.0 Å². The number of nitrogens with zero attached hydrogens (tertiary/aromatic N) is 2. The van der Waals surface area contributed by atoms with Crippen LogP contribution in [0, 0.1) is 11.7 Å². The highest BCUT2D eigenvalue weighted by Crippen LogP contribution is 2.49. The average molecular weight is 447 g/mol. The Morgan fingerprint density at radius 1 is 1.09 bits per heavy atom. The number of rotatable bonds is 4. The molecular formula is C27H27FN2O3. The van der Waals surface area contributed by atoms with Gasteiger partial charge in [-0.3, -0.25) is 4.79 Å². The predicted octanol–water partition coefficient (Wildman–Crippen LogP) is 4.52. The van der Waals surface area contributed by atoms with E-state index in [9.17, 15) is 14.3 Å². The molecular weight excluding hydrogens is 419 g/mol. The van der Waals surface area contributed by atoms with Gasteiger partial charge in [0, 0.05) is 25.2 Å². The van der Waals surface area contributed by atoms with Crippen LogP contribution >= 0.6 is 0 Å². The zero-order valence-electron chi connectivity index (χ0n) is 18.7. The van der Waals surface area contributed by atoms with Crippen LogP contribution in [0.2, 0.25) is 0 Å². The van der Waals surface area contributed by atoms with Crippen molar-refractivity contribution in [2.24, 2.45) is 5.92 Å². The highest BCUT2D eigenvalue weighted by atomic mass is 19.1. The highest BCUT2D eigenvalue weighted by molar-refractivity contribution is 5.95. The lowest BCUT2D eigenvalue weighted by atomic mass is 9.81. The fraction of sp³-hybridized carbons (Fsp3) is 0.296. The zero-order valence-corrected chi connectivity index (χ0v) is 18.7. The first-order chi connectivity index (χ1) is 16.0. The first-order valence-electron chi connectivity index (χ1n) is 11.2. The van der Waals surface area contributed by atoms with Crippen molar-refractivity contribution in [2.75, 3.05) is 32.2 Å². The van der Waals surface area contributed by atoms with Crippen molar-refractivity contribution in [3.8, 4) is 16.9 Å². The van der Waals surface area contributed by atoms with E-state index in [0.717, 1.165) is 34.5 Å². The van der Waals surface area contributed by atoms with E-state index < -0.39 is 5.82 Å². The van der Waals surface area contributed by atoms with Gasteiger partial charge >= 0.3 is 0 Å². The number of hydrogen-bond acceptors (Lipinski definition) is 4. The molecule has 170 valence electrons. The van der Waals surface area contributed by atoms with Gasteiger partial charge in [-0.15, -0.1) is 0 Å². The maximum absolute atomic E-state index is 14.5. The van der Waals surface area contributed by atoms with E-state index in [-0.39, 0.29) is 36.1 Å². The van der Waals surface area contributed by atoms with E-state index in [1.165, 1.54) is 12.1 Å². The van der Waals surface area contributed by atoms with Crippen LogP contribution in [0.5, 0.6) is 5.75 Å². The summed E-state index contributed by atoms with van der Waals surface area (Å²) in [7, 11) is 3.63. The normalized spacial score (nSPS) is 21.5. The Bertz CT molecular complexity index is 1200. The van der Waals surface area contributed by atoms with Gasteiger partial charge in [-0.05, 0) is 59.5 Å². The highest BCUT2D eigenvalue weighted by Gasteiger charge is 2.48. The number of carbonyl (C=O) groups is 1. The number of carbonyl (C=O) groups excluding carboxylic acids is 1. The number of hydrogen-bond donors (Lipinski definition) is 1. The Morgan fingerprint density at radius 3 is 2.64 bits per heavy atom. The molecule has 3 aromatic rings. The lowest BCUT2D eigenvalue weighted by Crippen LogP contribution is -2.48. The SMILES string of the molecule is COc1cccc(-c2ccc3c(c2)[C@@H]2[C@@H](CCN2C(=O)c2ccccc2F)[C@@H](CO)N3C)c1. The summed E-state index contributed by atoms with van der Waals surface area (Å²) in [6.45, 7) is 0.520. The molecule has 1 N–H and O–H groups in total. The van der Waals surface area contributed by atoms with Gasteiger partial charge in [0.2, 0.25) is 0 Å². The number of benzene rings is 3. The fourth-order valence-corrected chi connectivity index (χ4v) is 5.45. The maximum atomic E-state index is 14.5. The molecule has 5 rings (SSSR count). The number of likely N-dealkylation sites (N-methyl/N-ethyl adjacent to an activating group) is 1. The molecule has 3 aromatic carbocycles. The average Bonchev–Trinajstić information content (AvgIpc) is 3.29. The smallest absolute Gasteiger partial charge is 0.257 e. The standard InChI is InChI=1S/C27H27FN2O3/c1-29-24-11-10-18(17-6-5-7-19(14-17)33-2)15-22(24)26-21(25(29)16-31)12-13-30(26)27(32)20-8-3-4-9-23(20)28/h3-11,14-15,21,25-26,31H,12-13,16H2,1-2H3/t21-,25+,26-/m0/s1. The van der Waals surface area contributed by atoms with E-state index in [0.29, 0.717) is 6.54 Å². The number of methoxy groups -OCH3 is 1. The van der Waals surface area contributed by atoms with Crippen molar-refractivity contribution >= 4 is 11.6 Å². The molecule has 0 radical (unpaired) electrons. The quantitative estimate of drug-likeness (QED) is 0.641. The zero-order chi connectivity index (χ0) is 23.1. The summed E-state index contributed by atoms with van der Waals surface area (Å²) in [5, 5.41) is 10.2. The minimum atomic E-state index is -0.511. The molecule has 3 atom stereocenters. The summed E-state index contributed by atoms with van der Waals surface area (Å²) in [5.41, 5.74) is 4.13. The number of amides is 1. The Kier molecular flexibility index (Phi) is 5.54. The van der Waals surface area contributed by atoms with E-state index in [1.807, 2.05) is 37.4 Å². The van der Waals surface area contributed by atoms with Crippen LogP contribution in [0.25, 0.3) is 11.1 Å². The van der Waals surface area contributed by atoms with E-state index in [1.54, 1.807) is 24.1 Å². The molecule has 33 heavy (non-hydrogen) atoms. The third kappa shape index (κ3) is 3.55. The third-order valence-corrected chi connectivity index (χ3v) is 7.12.